The summed E-state index contributed by atoms with van der Waals surface area (Å²) in [4.78, 5) is 12.0. The van der Waals surface area contributed by atoms with Crippen molar-refractivity contribution in [3.63, 3.8) is 0 Å². The number of carbonyl (C=O) groups excluding carboxylic acids is 1. The van der Waals surface area contributed by atoms with Gasteiger partial charge in [-0.2, -0.15) is 0 Å². The average molecular weight is 361 g/mol. The molecule has 0 aliphatic rings. The van der Waals surface area contributed by atoms with Crippen LogP contribution < -0.4 is 15.8 Å². The van der Waals surface area contributed by atoms with E-state index in [0.29, 0.717) is 18.9 Å². The third-order valence-electron chi connectivity index (χ3n) is 3.76. The number of nitrogens with two attached hydrogens (primary N) is 1. The Morgan fingerprint density at radius 2 is 1.80 bits per heavy atom. The van der Waals surface area contributed by atoms with E-state index in [1.54, 1.807) is 12.1 Å². The van der Waals surface area contributed by atoms with E-state index in [4.69, 9.17) is 5.14 Å². The quantitative estimate of drug-likeness (QED) is 0.737. The molecule has 0 spiro atoms. The normalized spacial score (nSPS) is 11.4. The van der Waals surface area contributed by atoms with Crippen molar-refractivity contribution in [3.8, 4) is 0 Å². The maximum absolute atomic E-state index is 12.0. The number of nitrogens with one attached hydrogen (secondary N) is 2. The van der Waals surface area contributed by atoms with Gasteiger partial charge in [0.1, 0.15) is 0 Å². The number of carbonyl (C=O) groups is 1. The highest BCUT2D eigenvalue weighted by molar-refractivity contribution is 7.89. The van der Waals surface area contributed by atoms with Crippen LogP contribution in [0.3, 0.4) is 0 Å². The fourth-order valence-electron chi connectivity index (χ4n) is 2.32. The molecule has 25 heavy (non-hydrogen) atoms. The van der Waals surface area contributed by atoms with Gasteiger partial charge in [-0.05, 0) is 47.7 Å². The summed E-state index contributed by atoms with van der Waals surface area (Å²) >= 11 is 0. The Morgan fingerprint density at radius 3 is 2.40 bits per heavy atom. The summed E-state index contributed by atoms with van der Waals surface area (Å²) in [6, 6.07) is 13.8. The number of primary sulfonamides is 1. The molecule has 0 radical (unpaired) electrons. The molecule has 0 unspecified atom stereocenters. The van der Waals surface area contributed by atoms with Crippen molar-refractivity contribution in [2.24, 2.45) is 5.14 Å². The van der Waals surface area contributed by atoms with Crippen LogP contribution >= 0.6 is 0 Å². The van der Waals surface area contributed by atoms with E-state index in [-0.39, 0.29) is 10.9 Å². The topological polar surface area (TPSA) is 101 Å². The molecule has 0 aliphatic carbocycles. The summed E-state index contributed by atoms with van der Waals surface area (Å²) in [5.41, 5.74) is 2.82. The number of rotatable bonds is 6. The predicted octanol–water partition coefficient (Wildman–Crippen LogP) is 2.82. The van der Waals surface area contributed by atoms with E-state index >= 15 is 0 Å². The minimum atomic E-state index is -3.68. The van der Waals surface area contributed by atoms with Crippen molar-refractivity contribution in [1.29, 1.82) is 0 Å². The zero-order chi connectivity index (χ0) is 18.4. The lowest BCUT2D eigenvalue weighted by molar-refractivity contribution is 0.252. The summed E-state index contributed by atoms with van der Waals surface area (Å²) in [5.74, 6) is 0.394. The molecule has 7 heteroatoms. The molecule has 2 rings (SSSR count). The second-order valence-electron chi connectivity index (χ2n) is 6.10. The molecule has 2 aromatic carbocycles. The van der Waals surface area contributed by atoms with Crippen LogP contribution in [0, 0.1) is 0 Å². The van der Waals surface area contributed by atoms with Crippen molar-refractivity contribution in [2.75, 3.05) is 11.9 Å². The average Bonchev–Trinajstić information content (AvgIpc) is 2.54. The van der Waals surface area contributed by atoms with Crippen molar-refractivity contribution in [2.45, 2.75) is 31.1 Å². The fourth-order valence-corrected chi connectivity index (χ4v) is 2.83. The van der Waals surface area contributed by atoms with E-state index in [0.717, 1.165) is 16.8 Å². The van der Waals surface area contributed by atoms with Gasteiger partial charge < -0.3 is 10.6 Å². The smallest absolute Gasteiger partial charge is 0.319 e. The van der Waals surface area contributed by atoms with Crippen LogP contribution in [0.5, 0.6) is 0 Å². The zero-order valence-corrected chi connectivity index (χ0v) is 15.1. The molecular weight excluding hydrogens is 338 g/mol. The van der Waals surface area contributed by atoms with E-state index in [1.807, 2.05) is 24.3 Å². The van der Waals surface area contributed by atoms with Gasteiger partial charge in [-0.1, -0.05) is 38.1 Å². The van der Waals surface area contributed by atoms with E-state index in [2.05, 4.69) is 24.5 Å². The monoisotopic (exact) mass is 361 g/mol. The van der Waals surface area contributed by atoms with Crippen LogP contribution in [0.25, 0.3) is 0 Å². The number of urea groups is 1. The molecule has 0 aliphatic heterocycles. The SMILES string of the molecule is CC(C)c1cccc(NC(=O)NCCc2ccc(S(N)(=O)=O)cc2)c1. The molecule has 0 aromatic heterocycles. The lowest BCUT2D eigenvalue weighted by atomic mass is 10.0. The summed E-state index contributed by atoms with van der Waals surface area (Å²) in [5, 5.41) is 10.6. The lowest BCUT2D eigenvalue weighted by Gasteiger charge is -2.10. The molecule has 0 heterocycles. The summed E-state index contributed by atoms with van der Waals surface area (Å²) in [7, 11) is -3.68. The third-order valence-corrected chi connectivity index (χ3v) is 4.69. The molecule has 0 saturated heterocycles. The second-order valence-corrected chi connectivity index (χ2v) is 7.66. The van der Waals surface area contributed by atoms with Crippen LogP contribution in [-0.2, 0) is 16.4 Å². The Balaban J connectivity index is 1.83. The Bertz CT molecular complexity index is 831. The third kappa shape index (κ3) is 5.88. The first-order valence-electron chi connectivity index (χ1n) is 8.02. The Morgan fingerprint density at radius 1 is 1.12 bits per heavy atom. The molecule has 6 nitrogen and oxygen atoms in total. The molecule has 4 N–H and O–H groups in total. The van der Waals surface area contributed by atoms with Crippen molar-refractivity contribution in [1.82, 2.24) is 5.32 Å². The second kappa shape index (κ2) is 8.13. The van der Waals surface area contributed by atoms with Crippen LogP contribution in [0.15, 0.2) is 53.4 Å². The van der Waals surface area contributed by atoms with Crippen LogP contribution in [0.4, 0.5) is 10.5 Å². The van der Waals surface area contributed by atoms with E-state index in [9.17, 15) is 13.2 Å². The first-order valence-corrected chi connectivity index (χ1v) is 9.57. The standard InChI is InChI=1S/C18H23N3O3S/c1-13(2)15-4-3-5-16(12-15)21-18(22)20-11-10-14-6-8-17(9-7-14)25(19,23)24/h3-9,12-13H,10-11H2,1-2H3,(H2,19,23,24)(H2,20,21,22). The molecule has 2 amide bonds. The summed E-state index contributed by atoms with van der Waals surface area (Å²) < 4.78 is 22.4. The van der Waals surface area contributed by atoms with Crippen molar-refractivity contribution >= 4 is 21.7 Å². The molecular formula is C18H23N3O3S. The number of anilines is 1. The first-order chi connectivity index (χ1) is 11.8. The molecule has 134 valence electrons. The summed E-state index contributed by atoms with van der Waals surface area (Å²) in [6.45, 7) is 4.63. The fraction of sp³-hybridized carbons (Fsp3) is 0.278. The van der Waals surface area contributed by atoms with Gasteiger partial charge in [0.2, 0.25) is 10.0 Å². The van der Waals surface area contributed by atoms with E-state index < -0.39 is 10.0 Å². The first kappa shape index (κ1) is 19.0. The number of benzene rings is 2. The molecule has 0 bridgehead atoms. The van der Waals surface area contributed by atoms with Gasteiger partial charge in [0, 0.05) is 12.2 Å². The van der Waals surface area contributed by atoms with Crippen molar-refractivity contribution in [3.05, 3.63) is 59.7 Å². The number of amides is 2. The maximum atomic E-state index is 12.0. The zero-order valence-electron chi connectivity index (χ0n) is 14.3. The van der Waals surface area contributed by atoms with Gasteiger partial charge in [-0.3, -0.25) is 0 Å². The lowest BCUT2D eigenvalue weighted by Crippen LogP contribution is -2.30. The molecule has 0 fully saturated rings. The minimum Gasteiger partial charge on any atom is -0.338 e. The van der Waals surface area contributed by atoms with Gasteiger partial charge in [0.05, 0.1) is 4.90 Å². The number of hydrogen-bond acceptors (Lipinski definition) is 3. The molecule has 0 atom stereocenters. The number of hydrogen-bond donors (Lipinski definition) is 3. The highest BCUT2D eigenvalue weighted by Gasteiger charge is 2.07. The predicted molar refractivity (Wildman–Crippen MR) is 99.1 cm³/mol. The Kier molecular flexibility index (Phi) is 6.17. The Hall–Kier alpha value is -2.38. The largest absolute Gasteiger partial charge is 0.338 e. The molecule has 2 aromatic rings. The Labute approximate surface area is 148 Å². The van der Waals surface area contributed by atoms with Crippen molar-refractivity contribution < 1.29 is 13.2 Å². The van der Waals surface area contributed by atoms with Crippen LogP contribution in [0.1, 0.15) is 30.9 Å². The van der Waals surface area contributed by atoms with Gasteiger partial charge in [0.25, 0.3) is 0 Å². The van der Waals surface area contributed by atoms with Gasteiger partial charge in [0.15, 0.2) is 0 Å². The highest BCUT2D eigenvalue weighted by atomic mass is 32.2. The maximum Gasteiger partial charge on any atom is 0.319 e. The molecule has 0 saturated carbocycles. The summed E-state index contributed by atoms with van der Waals surface area (Å²) in [6.07, 6.45) is 0.588. The van der Waals surface area contributed by atoms with Gasteiger partial charge >= 0.3 is 6.03 Å². The number of sulfonamides is 1. The van der Waals surface area contributed by atoms with Crippen LogP contribution in [-0.4, -0.2) is 21.0 Å². The van der Waals surface area contributed by atoms with Gasteiger partial charge in [-0.15, -0.1) is 0 Å². The van der Waals surface area contributed by atoms with Gasteiger partial charge in [-0.25, -0.2) is 18.4 Å². The van der Waals surface area contributed by atoms with Crippen LogP contribution in [0.2, 0.25) is 0 Å². The minimum absolute atomic E-state index is 0.0759. The highest BCUT2D eigenvalue weighted by Crippen LogP contribution is 2.18. The van der Waals surface area contributed by atoms with E-state index in [1.165, 1.54) is 12.1 Å².